The van der Waals surface area contributed by atoms with Crippen molar-refractivity contribution in [2.75, 3.05) is 6.61 Å². The Balaban J connectivity index is 1.81. The van der Waals surface area contributed by atoms with Gasteiger partial charge in [-0.1, -0.05) is 30.3 Å². The van der Waals surface area contributed by atoms with Gasteiger partial charge in [-0.2, -0.15) is 0 Å². The Morgan fingerprint density at radius 3 is 2.57 bits per heavy atom. The van der Waals surface area contributed by atoms with Crippen LogP contribution in [-0.2, 0) is 20.8 Å². The van der Waals surface area contributed by atoms with Gasteiger partial charge in [-0.15, -0.1) is 0 Å². The van der Waals surface area contributed by atoms with Crippen LogP contribution in [0.5, 0.6) is 0 Å². The second kappa shape index (κ2) is 7.87. The number of hydrogen-bond donors (Lipinski definition) is 2. The molecule has 0 spiro atoms. The van der Waals surface area contributed by atoms with Crippen molar-refractivity contribution in [3.63, 3.8) is 0 Å². The van der Waals surface area contributed by atoms with Crippen LogP contribution in [0.2, 0.25) is 0 Å². The van der Waals surface area contributed by atoms with Gasteiger partial charge >= 0.3 is 0 Å². The third kappa shape index (κ3) is 5.05. The molecule has 2 N–H and O–H groups in total. The van der Waals surface area contributed by atoms with Gasteiger partial charge in [0.2, 0.25) is 0 Å². The van der Waals surface area contributed by atoms with Crippen LogP contribution in [0, 0.1) is 0 Å². The summed E-state index contributed by atoms with van der Waals surface area (Å²) in [4.78, 5) is 0. The Labute approximate surface area is 125 Å². The minimum Gasteiger partial charge on any atom is -0.390 e. The third-order valence-electron chi connectivity index (χ3n) is 3.34. The first kappa shape index (κ1) is 16.4. The summed E-state index contributed by atoms with van der Waals surface area (Å²) in [6.45, 7) is 4.48. The second-order valence-corrected chi connectivity index (χ2v) is 5.60. The number of benzene rings is 1. The zero-order valence-electron chi connectivity index (χ0n) is 12.5. The van der Waals surface area contributed by atoms with Gasteiger partial charge in [0.15, 0.2) is 6.29 Å². The molecule has 21 heavy (non-hydrogen) atoms. The van der Waals surface area contributed by atoms with E-state index in [2.05, 4.69) is 0 Å². The lowest BCUT2D eigenvalue weighted by Crippen LogP contribution is -2.50. The lowest BCUT2D eigenvalue weighted by Gasteiger charge is -2.37. The van der Waals surface area contributed by atoms with Crippen LogP contribution in [0.1, 0.15) is 25.8 Å². The van der Waals surface area contributed by atoms with Crippen LogP contribution in [0.3, 0.4) is 0 Å². The van der Waals surface area contributed by atoms with Gasteiger partial charge in [-0.05, 0) is 19.4 Å². The molecule has 1 aromatic rings. The topological polar surface area (TPSA) is 68.2 Å². The van der Waals surface area contributed by atoms with E-state index in [0.717, 1.165) is 5.56 Å². The average Bonchev–Trinajstić information content (AvgIpc) is 2.44. The van der Waals surface area contributed by atoms with Gasteiger partial charge in [-0.25, -0.2) is 0 Å². The lowest BCUT2D eigenvalue weighted by atomic mass is 10.0. The molecule has 118 valence electrons. The molecule has 4 atom stereocenters. The van der Waals surface area contributed by atoms with Crippen molar-refractivity contribution < 1.29 is 24.4 Å². The molecule has 0 bridgehead atoms. The molecule has 0 aromatic heterocycles. The summed E-state index contributed by atoms with van der Waals surface area (Å²) in [5, 5.41) is 19.8. The van der Waals surface area contributed by atoms with Crippen LogP contribution in [0.4, 0.5) is 0 Å². The van der Waals surface area contributed by atoms with Crippen LogP contribution in [0.15, 0.2) is 30.3 Å². The van der Waals surface area contributed by atoms with Crippen LogP contribution >= 0.6 is 0 Å². The monoisotopic (exact) mass is 296 g/mol. The predicted molar refractivity (Wildman–Crippen MR) is 77.6 cm³/mol. The molecule has 5 heteroatoms. The van der Waals surface area contributed by atoms with Crippen molar-refractivity contribution >= 4 is 0 Å². The van der Waals surface area contributed by atoms with Crippen molar-refractivity contribution in [2.45, 2.75) is 57.6 Å². The highest BCUT2D eigenvalue weighted by Gasteiger charge is 2.37. The zero-order chi connectivity index (χ0) is 15.2. The van der Waals surface area contributed by atoms with Crippen molar-refractivity contribution in [1.29, 1.82) is 0 Å². The van der Waals surface area contributed by atoms with Crippen LogP contribution in [-0.4, -0.2) is 47.5 Å². The summed E-state index contributed by atoms with van der Waals surface area (Å²) in [5.41, 5.74) is 1.07. The van der Waals surface area contributed by atoms with Crippen molar-refractivity contribution in [3.05, 3.63) is 35.9 Å². The Bertz CT molecular complexity index is 408. The van der Waals surface area contributed by atoms with Gasteiger partial charge in [0.05, 0.1) is 25.4 Å². The number of hydrogen-bond acceptors (Lipinski definition) is 5. The zero-order valence-corrected chi connectivity index (χ0v) is 12.5. The molecule has 0 amide bonds. The first-order chi connectivity index (χ1) is 10.1. The molecule has 0 radical (unpaired) electrons. The molecule has 1 saturated heterocycles. The molecule has 1 aliphatic rings. The van der Waals surface area contributed by atoms with Gasteiger partial charge in [0.25, 0.3) is 0 Å². The molecule has 1 fully saturated rings. The Hall–Kier alpha value is -0.980. The Morgan fingerprint density at radius 1 is 1.19 bits per heavy atom. The normalized spacial score (nSPS) is 29.8. The fourth-order valence-corrected chi connectivity index (χ4v) is 2.27. The summed E-state index contributed by atoms with van der Waals surface area (Å²) in [6, 6.07) is 9.81. The molecule has 5 nitrogen and oxygen atoms in total. The third-order valence-corrected chi connectivity index (χ3v) is 3.34. The molecule has 1 aromatic carbocycles. The average molecular weight is 296 g/mol. The van der Waals surface area contributed by atoms with E-state index in [1.165, 1.54) is 0 Å². The predicted octanol–water partition coefficient (Wildman–Crippen LogP) is 1.46. The quantitative estimate of drug-likeness (QED) is 0.832. The van der Waals surface area contributed by atoms with Crippen LogP contribution in [0.25, 0.3) is 0 Å². The molecule has 0 saturated carbocycles. The van der Waals surface area contributed by atoms with E-state index in [0.29, 0.717) is 6.61 Å². The van der Waals surface area contributed by atoms with Gasteiger partial charge in [0.1, 0.15) is 12.2 Å². The second-order valence-electron chi connectivity index (χ2n) is 5.60. The molecule has 1 heterocycles. The van der Waals surface area contributed by atoms with E-state index in [9.17, 15) is 10.2 Å². The fraction of sp³-hybridized carbons (Fsp3) is 0.625. The molecule has 0 unspecified atom stereocenters. The number of ether oxygens (including phenoxy) is 3. The maximum absolute atomic E-state index is 9.97. The minimum atomic E-state index is -0.812. The highest BCUT2D eigenvalue weighted by molar-refractivity contribution is 5.13. The highest BCUT2D eigenvalue weighted by Crippen LogP contribution is 2.22. The van der Waals surface area contributed by atoms with Gasteiger partial charge in [-0.3, -0.25) is 0 Å². The molecule has 0 aliphatic carbocycles. The van der Waals surface area contributed by atoms with Crippen molar-refractivity contribution in [1.82, 2.24) is 0 Å². The lowest BCUT2D eigenvalue weighted by molar-refractivity contribution is -0.282. The number of aliphatic hydroxyl groups is 2. The minimum absolute atomic E-state index is 0.0502. The summed E-state index contributed by atoms with van der Waals surface area (Å²) < 4.78 is 16.7. The van der Waals surface area contributed by atoms with Gasteiger partial charge < -0.3 is 24.4 Å². The summed E-state index contributed by atoms with van der Waals surface area (Å²) >= 11 is 0. The largest absolute Gasteiger partial charge is 0.390 e. The van der Waals surface area contributed by atoms with Crippen molar-refractivity contribution in [3.8, 4) is 0 Å². The fourth-order valence-electron chi connectivity index (χ4n) is 2.27. The summed E-state index contributed by atoms with van der Waals surface area (Å²) in [5.74, 6) is 0. The highest BCUT2D eigenvalue weighted by atomic mass is 16.7. The Kier molecular flexibility index (Phi) is 6.14. The van der Waals surface area contributed by atoms with E-state index in [1.807, 2.05) is 44.2 Å². The molecular formula is C16H24O5. The van der Waals surface area contributed by atoms with Crippen LogP contribution < -0.4 is 0 Å². The SMILES string of the molecule is CC(C)O[C@@H]1O[C@H](COCc2ccccc2)[C@H](O)C[C@H]1O. The van der Waals surface area contributed by atoms with E-state index in [1.54, 1.807) is 0 Å². The smallest absolute Gasteiger partial charge is 0.184 e. The van der Waals surface area contributed by atoms with E-state index < -0.39 is 24.6 Å². The standard InChI is InChI=1S/C16H24O5/c1-11(2)20-16-14(18)8-13(17)15(21-16)10-19-9-12-6-4-3-5-7-12/h3-7,11,13-18H,8-10H2,1-2H3/t13-,14-,15-,16-/m1/s1. The van der Waals surface area contributed by atoms with Crippen molar-refractivity contribution in [2.24, 2.45) is 0 Å². The van der Waals surface area contributed by atoms with Gasteiger partial charge in [0, 0.05) is 6.42 Å². The first-order valence-electron chi connectivity index (χ1n) is 7.35. The first-order valence-corrected chi connectivity index (χ1v) is 7.35. The van der Waals surface area contributed by atoms with E-state index >= 15 is 0 Å². The van der Waals surface area contributed by atoms with E-state index in [-0.39, 0.29) is 19.1 Å². The maximum atomic E-state index is 9.97. The number of aliphatic hydroxyl groups excluding tert-OH is 2. The summed E-state index contributed by atoms with van der Waals surface area (Å²) in [7, 11) is 0. The summed E-state index contributed by atoms with van der Waals surface area (Å²) in [6.07, 6.45) is -2.57. The molecule has 2 rings (SSSR count). The maximum Gasteiger partial charge on any atom is 0.184 e. The number of rotatable bonds is 6. The molecular weight excluding hydrogens is 272 g/mol. The van der Waals surface area contributed by atoms with E-state index in [4.69, 9.17) is 14.2 Å². The molecule has 1 aliphatic heterocycles. The Morgan fingerprint density at radius 2 is 1.90 bits per heavy atom.